The van der Waals surface area contributed by atoms with Crippen molar-refractivity contribution in [3.8, 4) is 0 Å². The van der Waals surface area contributed by atoms with Crippen LogP contribution in [-0.2, 0) is 19.1 Å². The molecule has 0 aromatic rings. The lowest BCUT2D eigenvalue weighted by molar-refractivity contribution is -0.161. The first kappa shape index (κ1) is 76.6. The number of allylic oxidation sites excluding steroid dienone is 10. The Bertz CT molecular complexity index is 1340. The van der Waals surface area contributed by atoms with Crippen LogP contribution in [0.25, 0.3) is 0 Å². The van der Waals surface area contributed by atoms with Gasteiger partial charge in [-0.1, -0.05) is 370 Å². The molecule has 5 heteroatoms. The summed E-state index contributed by atoms with van der Waals surface area (Å²) in [7, 11) is 0. The number of aliphatic hydroxyl groups is 1. The van der Waals surface area contributed by atoms with E-state index < -0.39 is 6.10 Å². The molecule has 5 nitrogen and oxygen atoms in total. The summed E-state index contributed by atoms with van der Waals surface area (Å²) in [6, 6.07) is 0. The molecule has 0 radical (unpaired) electrons. The van der Waals surface area contributed by atoms with Crippen LogP contribution in [0.3, 0.4) is 0 Å². The number of aliphatic hydroxyl groups excluding tert-OH is 1. The fraction of sp³-hybridized carbons (Fsp3) is 0.838. The highest BCUT2D eigenvalue weighted by molar-refractivity contribution is 5.70. The van der Waals surface area contributed by atoms with E-state index in [1.165, 1.54) is 289 Å². The molecule has 0 saturated heterocycles. The summed E-state index contributed by atoms with van der Waals surface area (Å²) in [4.78, 5) is 24.7. The van der Waals surface area contributed by atoms with Crippen LogP contribution in [0, 0.1) is 0 Å². The lowest BCUT2D eigenvalue weighted by atomic mass is 10.0. The van der Waals surface area contributed by atoms with Gasteiger partial charge < -0.3 is 14.6 Å². The van der Waals surface area contributed by atoms with Crippen molar-refractivity contribution in [2.75, 3.05) is 13.2 Å². The van der Waals surface area contributed by atoms with Crippen LogP contribution in [0.1, 0.15) is 380 Å². The van der Waals surface area contributed by atoms with Crippen molar-refractivity contribution >= 4 is 11.9 Å². The smallest absolute Gasteiger partial charge is 0.306 e. The quantitative estimate of drug-likeness (QED) is 0.0373. The average Bonchev–Trinajstić information content (AvgIpc) is 3.45. The van der Waals surface area contributed by atoms with Crippen molar-refractivity contribution in [2.24, 2.45) is 0 Å². The summed E-state index contributed by atoms with van der Waals surface area (Å²) in [6.07, 6.45) is 95.5. The molecule has 0 spiro atoms. The number of carbonyl (C=O) groups excluding carboxylic acids is 2. The molecule has 0 amide bonds. The van der Waals surface area contributed by atoms with Crippen molar-refractivity contribution in [1.29, 1.82) is 0 Å². The molecule has 0 aromatic carbocycles. The van der Waals surface area contributed by atoms with E-state index in [1.54, 1.807) is 0 Å². The van der Waals surface area contributed by atoms with Crippen molar-refractivity contribution in [3.63, 3.8) is 0 Å². The normalized spacial score (nSPS) is 12.5. The molecule has 1 unspecified atom stereocenters. The minimum absolute atomic E-state index is 0.0629. The third-order valence-corrected chi connectivity index (χ3v) is 16.1. The van der Waals surface area contributed by atoms with E-state index in [1.807, 2.05) is 0 Å². The molecular weight excluding hydrogens is 969 g/mol. The highest BCUT2D eigenvalue weighted by Crippen LogP contribution is 2.19. The van der Waals surface area contributed by atoms with Crippen LogP contribution in [0.4, 0.5) is 0 Å². The third-order valence-electron chi connectivity index (χ3n) is 16.1. The van der Waals surface area contributed by atoms with E-state index in [4.69, 9.17) is 9.47 Å². The Labute approximate surface area is 493 Å². The van der Waals surface area contributed by atoms with Gasteiger partial charge in [0.25, 0.3) is 0 Å². The summed E-state index contributed by atoms with van der Waals surface area (Å²) in [5.41, 5.74) is 0. The zero-order chi connectivity index (χ0) is 56.9. The highest BCUT2D eigenvalue weighted by atomic mass is 16.6. The van der Waals surface area contributed by atoms with Gasteiger partial charge in [-0.25, -0.2) is 0 Å². The summed E-state index contributed by atoms with van der Waals surface area (Å²) in [5.74, 6) is -0.574. The lowest BCUT2D eigenvalue weighted by Crippen LogP contribution is -2.28. The Morgan fingerprint density at radius 3 is 0.823 bits per heavy atom. The molecule has 0 rings (SSSR count). The second-order valence-corrected chi connectivity index (χ2v) is 23.9. The predicted molar refractivity (Wildman–Crippen MR) is 348 cm³/mol. The Morgan fingerprint density at radius 2 is 0.544 bits per heavy atom. The second kappa shape index (κ2) is 69.9. The van der Waals surface area contributed by atoms with Crippen LogP contribution >= 0.6 is 0 Å². The molecule has 0 aliphatic heterocycles. The van der Waals surface area contributed by atoms with E-state index in [2.05, 4.69) is 74.6 Å². The van der Waals surface area contributed by atoms with E-state index in [0.717, 1.165) is 64.2 Å². The Balaban J connectivity index is 3.39. The molecule has 0 aliphatic carbocycles. The maximum absolute atomic E-state index is 12.4. The summed E-state index contributed by atoms with van der Waals surface area (Å²) < 4.78 is 10.8. The van der Waals surface area contributed by atoms with E-state index in [0.29, 0.717) is 12.8 Å². The van der Waals surface area contributed by atoms with Crippen LogP contribution in [0.15, 0.2) is 60.8 Å². The summed E-state index contributed by atoms with van der Waals surface area (Å²) >= 11 is 0. The molecule has 0 heterocycles. The van der Waals surface area contributed by atoms with Crippen molar-refractivity contribution in [2.45, 2.75) is 386 Å². The SMILES string of the molecule is CC/C=C\C/C=C\C/C=C\C/C=C\C/C=C\CCCCCCCCCCCCCCCC(=O)OC(CO)COC(=O)CCCCCCCCCCCCCCCCCCCCCCCCCCCCCCCCCCCCCC. The van der Waals surface area contributed by atoms with Crippen LogP contribution in [0.5, 0.6) is 0 Å². The van der Waals surface area contributed by atoms with Gasteiger partial charge in [-0.2, -0.15) is 0 Å². The molecule has 1 N–H and O–H groups in total. The lowest BCUT2D eigenvalue weighted by Gasteiger charge is -2.15. The van der Waals surface area contributed by atoms with Gasteiger partial charge in [-0.05, 0) is 57.8 Å². The second-order valence-electron chi connectivity index (χ2n) is 23.9. The first-order chi connectivity index (χ1) is 39.1. The van der Waals surface area contributed by atoms with Gasteiger partial charge in [0.1, 0.15) is 6.61 Å². The van der Waals surface area contributed by atoms with Gasteiger partial charge in [-0.15, -0.1) is 0 Å². The zero-order valence-electron chi connectivity index (χ0n) is 53.2. The molecule has 79 heavy (non-hydrogen) atoms. The molecular formula is C74H136O5. The number of carbonyl (C=O) groups is 2. The average molecular weight is 1110 g/mol. The maximum atomic E-state index is 12.4. The van der Waals surface area contributed by atoms with Crippen LogP contribution in [-0.4, -0.2) is 36.4 Å². The number of esters is 2. The fourth-order valence-electron chi connectivity index (χ4n) is 10.8. The van der Waals surface area contributed by atoms with Crippen molar-refractivity contribution < 1.29 is 24.2 Å². The predicted octanol–water partition coefficient (Wildman–Crippen LogP) is 24.5. The monoisotopic (exact) mass is 1110 g/mol. The van der Waals surface area contributed by atoms with Gasteiger partial charge in [-0.3, -0.25) is 9.59 Å². The number of unbranched alkanes of at least 4 members (excludes halogenated alkanes) is 48. The van der Waals surface area contributed by atoms with Gasteiger partial charge in [0.15, 0.2) is 6.10 Å². The van der Waals surface area contributed by atoms with Crippen LogP contribution < -0.4 is 0 Å². The third kappa shape index (κ3) is 68.0. The van der Waals surface area contributed by atoms with Gasteiger partial charge in [0.05, 0.1) is 6.61 Å². The number of hydrogen-bond acceptors (Lipinski definition) is 5. The molecule has 0 aromatic heterocycles. The molecule has 1 atom stereocenters. The van der Waals surface area contributed by atoms with Gasteiger partial charge in [0, 0.05) is 12.8 Å². The Hall–Kier alpha value is -2.40. The van der Waals surface area contributed by atoms with E-state index in [9.17, 15) is 14.7 Å². The number of rotatable bonds is 66. The Morgan fingerprint density at radius 1 is 0.304 bits per heavy atom. The first-order valence-electron chi connectivity index (χ1n) is 35.3. The minimum Gasteiger partial charge on any atom is -0.462 e. The van der Waals surface area contributed by atoms with Crippen molar-refractivity contribution in [3.05, 3.63) is 60.8 Å². The molecule has 0 bridgehead atoms. The largest absolute Gasteiger partial charge is 0.462 e. The first-order valence-corrected chi connectivity index (χ1v) is 35.3. The van der Waals surface area contributed by atoms with Gasteiger partial charge >= 0.3 is 11.9 Å². The Kier molecular flexibility index (Phi) is 67.7. The molecule has 462 valence electrons. The molecule has 0 aliphatic rings. The molecule has 0 fully saturated rings. The van der Waals surface area contributed by atoms with E-state index in [-0.39, 0.29) is 25.2 Å². The highest BCUT2D eigenvalue weighted by Gasteiger charge is 2.16. The summed E-state index contributed by atoms with van der Waals surface area (Å²) in [6.45, 7) is 4.08. The van der Waals surface area contributed by atoms with E-state index >= 15 is 0 Å². The van der Waals surface area contributed by atoms with Gasteiger partial charge in [0.2, 0.25) is 0 Å². The fourth-order valence-corrected chi connectivity index (χ4v) is 10.8. The minimum atomic E-state index is -0.774. The topological polar surface area (TPSA) is 72.8 Å². The summed E-state index contributed by atoms with van der Waals surface area (Å²) in [5, 5.41) is 9.70. The standard InChI is InChI=1S/C74H136O5/c1-3-5-7-9-11-13-15-17-19-21-23-25-27-29-31-33-34-35-36-37-38-39-41-42-44-46-48-50-52-54-56-58-60-62-64-66-68-73(76)78-71-72(70-75)79-74(77)69-67-65-63-61-59-57-55-53-51-49-47-45-43-40-32-30-28-26-24-22-20-18-16-14-12-10-8-6-4-2/h6,8,12,14,18,20,24,26,30,32,72,75H,3-5,7,9-11,13,15-17,19,21-23,25,27-29,31,33-71H2,1-2H3/b8-6-,14-12-,20-18-,26-24-,32-30-. The van der Waals surface area contributed by atoms with Crippen LogP contribution in [0.2, 0.25) is 0 Å². The zero-order valence-corrected chi connectivity index (χ0v) is 53.2. The number of hydrogen-bond donors (Lipinski definition) is 1. The number of ether oxygens (including phenoxy) is 2. The maximum Gasteiger partial charge on any atom is 0.306 e. The molecule has 0 saturated carbocycles. The van der Waals surface area contributed by atoms with Crippen molar-refractivity contribution in [1.82, 2.24) is 0 Å².